The van der Waals surface area contributed by atoms with Crippen molar-refractivity contribution >= 4 is 5.71 Å². The number of oxime groups is 1. The van der Waals surface area contributed by atoms with Gasteiger partial charge in [0.25, 0.3) is 0 Å². The quantitative estimate of drug-likeness (QED) is 0.443. The molecule has 2 aliphatic carbocycles. The fourth-order valence-corrected chi connectivity index (χ4v) is 3.17. The van der Waals surface area contributed by atoms with Crippen molar-refractivity contribution in [3.63, 3.8) is 0 Å². The summed E-state index contributed by atoms with van der Waals surface area (Å²) < 4.78 is 0. The lowest BCUT2D eigenvalue weighted by atomic mass is 9.70. The van der Waals surface area contributed by atoms with Gasteiger partial charge in [0.05, 0.1) is 5.71 Å². The van der Waals surface area contributed by atoms with Crippen LogP contribution < -0.4 is 0 Å². The summed E-state index contributed by atoms with van der Waals surface area (Å²) in [7, 11) is 0. The number of aliphatic hydroxyl groups is 1. The Morgan fingerprint density at radius 1 is 1.38 bits per heavy atom. The maximum atomic E-state index is 9.98. The Hall–Kier alpha value is -0.570. The zero-order valence-electron chi connectivity index (χ0n) is 8.41. The van der Waals surface area contributed by atoms with Gasteiger partial charge in [-0.2, -0.15) is 0 Å². The molecule has 0 aliphatic heterocycles. The van der Waals surface area contributed by atoms with E-state index in [-0.39, 0.29) is 16.7 Å². The molecule has 3 atom stereocenters. The van der Waals surface area contributed by atoms with Gasteiger partial charge in [-0.05, 0) is 18.3 Å². The topological polar surface area (TPSA) is 52.8 Å². The molecular weight excluding hydrogens is 166 g/mol. The second-order valence-corrected chi connectivity index (χ2v) is 5.16. The lowest BCUT2D eigenvalue weighted by molar-refractivity contribution is 0.0332. The fourth-order valence-electron chi connectivity index (χ4n) is 3.17. The molecule has 2 bridgehead atoms. The number of fused-ring (bicyclic) bond motifs is 2. The van der Waals surface area contributed by atoms with Crippen LogP contribution in [0.2, 0.25) is 0 Å². The van der Waals surface area contributed by atoms with E-state index in [9.17, 15) is 5.11 Å². The second kappa shape index (κ2) is 2.27. The zero-order chi connectivity index (χ0) is 9.85. The van der Waals surface area contributed by atoms with E-state index in [4.69, 9.17) is 5.21 Å². The van der Waals surface area contributed by atoms with Gasteiger partial charge in [0.15, 0.2) is 0 Å². The molecule has 13 heavy (non-hydrogen) atoms. The van der Waals surface area contributed by atoms with Gasteiger partial charge in [-0.15, -0.1) is 0 Å². The van der Waals surface area contributed by atoms with Crippen LogP contribution in [0.1, 0.15) is 33.6 Å². The van der Waals surface area contributed by atoms with E-state index in [0.717, 1.165) is 12.8 Å². The molecule has 74 valence electrons. The van der Waals surface area contributed by atoms with E-state index in [1.807, 2.05) is 0 Å². The van der Waals surface area contributed by atoms with Crippen molar-refractivity contribution in [2.24, 2.45) is 21.9 Å². The van der Waals surface area contributed by atoms with Crippen LogP contribution in [0.4, 0.5) is 0 Å². The first kappa shape index (κ1) is 9.00. The Labute approximate surface area is 78.4 Å². The molecule has 0 spiro atoms. The Kier molecular flexibility index (Phi) is 1.57. The van der Waals surface area contributed by atoms with E-state index in [0.29, 0.717) is 5.71 Å². The number of hydrogen-bond donors (Lipinski definition) is 2. The van der Waals surface area contributed by atoms with Gasteiger partial charge in [-0.3, -0.25) is 0 Å². The summed E-state index contributed by atoms with van der Waals surface area (Å²) in [6, 6.07) is 0. The lowest BCUT2D eigenvalue weighted by Crippen LogP contribution is -2.37. The van der Waals surface area contributed by atoms with Crippen molar-refractivity contribution in [1.82, 2.24) is 0 Å². The third kappa shape index (κ3) is 0.766. The third-order valence-corrected chi connectivity index (χ3v) is 4.65. The monoisotopic (exact) mass is 183 g/mol. The highest BCUT2D eigenvalue weighted by atomic mass is 16.4. The highest BCUT2D eigenvalue weighted by Crippen LogP contribution is 2.64. The van der Waals surface area contributed by atoms with Crippen LogP contribution >= 0.6 is 0 Å². The van der Waals surface area contributed by atoms with Crippen LogP contribution in [-0.2, 0) is 0 Å². The minimum Gasteiger partial charge on any atom is -0.411 e. The van der Waals surface area contributed by atoms with Crippen molar-refractivity contribution in [3.8, 4) is 0 Å². The van der Waals surface area contributed by atoms with Gasteiger partial charge in [-0.1, -0.05) is 25.9 Å². The van der Waals surface area contributed by atoms with Crippen LogP contribution in [0.5, 0.6) is 0 Å². The van der Waals surface area contributed by atoms with Crippen LogP contribution in [0.25, 0.3) is 0 Å². The molecule has 0 saturated heterocycles. The molecule has 2 aliphatic rings. The summed E-state index contributed by atoms with van der Waals surface area (Å²) in [5.74, 6) is 0.262. The van der Waals surface area contributed by atoms with Gasteiger partial charge >= 0.3 is 0 Å². The zero-order valence-corrected chi connectivity index (χ0v) is 8.41. The maximum absolute atomic E-state index is 9.98. The summed E-state index contributed by atoms with van der Waals surface area (Å²) in [4.78, 5) is 0. The summed E-state index contributed by atoms with van der Waals surface area (Å²) in [6.07, 6.45) is 1.52. The lowest BCUT2D eigenvalue weighted by Gasteiger charge is -2.35. The molecule has 2 fully saturated rings. The average Bonchev–Trinajstić information content (AvgIpc) is 2.36. The molecule has 2 saturated carbocycles. The summed E-state index contributed by atoms with van der Waals surface area (Å²) >= 11 is 0. The fraction of sp³-hybridized carbons (Fsp3) is 0.900. The molecule has 2 rings (SSSR count). The molecule has 2 N–H and O–H groups in total. The van der Waals surface area contributed by atoms with Crippen LogP contribution in [-0.4, -0.2) is 22.1 Å². The minimum absolute atomic E-state index is 0.0635. The smallest absolute Gasteiger partial charge is 0.102 e. The van der Waals surface area contributed by atoms with E-state index >= 15 is 0 Å². The van der Waals surface area contributed by atoms with Crippen molar-refractivity contribution in [1.29, 1.82) is 0 Å². The highest BCUT2D eigenvalue weighted by molar-refractivity contribution is 5.95. The normalized spacial score (nSPS) is 50.3. The predicted octanol–water partition coefficient (Wildman–Crippen LogP) is 1.63. The van der Waals surface area contributed by atoms with Crippen LogP contribution in [0.3, 0.4) is 0 Å². The first-order valence-corrected chi connectivity index (χ1v) is 4.85. The molecule has 0 radical (unpaired) electrons. The van der Waals surface area contributed by atoms with Gasteiger partial charge in [0.2, 0.25) is 0 Å². The summed E-state index contributed by atoms with van der Waals surface area (Å²) in [5.41, 5.74) is 0.562. The van der Waals surface area contributed by atoms with Crippen LogP contribution in [0, 0.1) is 16.7 Å². The van der Waals surface area contributed by atoms with E-state index < -0.39 is 6.10 Å². The van der Waals surface area contributed by atoms with Crippen molar-refractivity contribution in [3.05, 3.63) is 0 Å². The van der Waals surface area contributed by atoms with E-state index in [1.54, 1.807) is 0 Å². The van der Waals surface area contributed by atoms with E-state index in [1.165, 1.54) is 0 Å². The Bertz CT molecular complexity index is 272. The largest absolute Gasteiger partial charge is 0.411 e. The van der Waals surface area contributed by atoms with Gasteiger partial charge < -0.3 is 10.3 Å². The van der Waals surface area contributed by atoms with E-state index in [2.05, 4.69) is 25.9 Å². The Balaban J connectivity index is 2.51. The number of aliphatic hydroxyl groups excluding tert-OH is 1. The minimum atomic E-state index is -0.550. The van der Waals surface area contributed by atoms with Gasteiger partial charge in [-0.25, -0.2) is 0 Å². The van der Waals surface area contributed by atoms with Crippen molar-refractivity contribution < 1.29 is 10.3 Å². The number of rotatable bonds is 0. The molecule has 0 amide bonds. The van der Waals surface area contributed by atoms with Crippen molar-refractivity contribution in [2.45, 2.75) is 39.7 Å². The standard InChI is InChI=1S/C10H17NO2/c1-9(2)6-4-5-10(9,3)8(12)7(6)11-13/h6,8,12-13H,4-5H2,1-3H3/b11-7-/t6-,8?,10+/m0/s1. The molecule has 0 aromatic carbocycles. The SMILES string of the molecule is CC1(C)[C@H]2CC[C@]1(C)C(O)/C2=N\O. The van der Waals surface area contributed by atoms with Crippen LogP contribution in [0.15, 0.2) is 5.16 Å². The average molecular weight is 183 g/mol. The van der Waals surface area contributed by atoms with Gasteiger partial charge in [0, 0.05) is 11.3 Å². The first-order chi connectivity index (χ1) is 5.95. The molecular formula is C10H17NO2. The molecule has 0 heterocycles. The molecule has 0 aromatic heterocycles. The highest BCUT2D eigenvalue weighted by Gasteiger charge is 2.64. The first-order valence-electron chi connectivity index (χ1n) is 4.85. The third-order valence-electron chi connectivity index (χ3n) is 4.65. The summed E-state index contributed by atoms with van der Waals surface area (Å²) in [6.45, 7) is 6.41. The summed E-state index contributed by atoms with van der Waals surface area (Å²) in [5, 5.41) is 22.1. The molecule has 0 aromatic rings. The maximum Gasteiger partial charge on any atom is 0.102 e. The Morgan fingerprint density at radius 2 is 2.00 bits per heavy atom. The van der Waals surface area contributed by atoms with Crippen molar-refractivity contribution in [2.75, 3.05) is 0 Å². The second-order valence-electron chi connectivity index (χ2n) is 5.16. The predicted molar refractivity (Wildman–Crippen MR) is 49.8 cm³/mol. The Morgan fingerprint density at radius 3 is 2.31 bits per heavy atom. The number of nitrogens with zero attached hydrogens (tertiary/aromatic N) is 1. The number of hydrogen-bond acceptors (Lipinski definition) is 3. The molecule has 1 unspecified atom stereocenters. The van der Waals surface area contributed by atoms with Gasteiger partial charge in [0.1, 0.15) is 6.10 Å². The molecule has 3 heteroatoms. The molecule has 3 nitrogen and oxygen atoms in total.